The normalized spacial score (nSPS) is 13.6. The predicted octanol–water partition coefficient (Wildman–Crippen LogP) is 4.12. The van der Waals surface area contributed by atoms with Crippen LogP contribution in [0.2, 0.25) is 0 Å². The Balaban J connectivity index is 1.62. The number of sulfonamides is 1. The number of esters is 1. The lowest BCUT2D eigenvalue weighted by Crippen LogP contribution is -2.59. The van der Waals surface area contributed by atoms with E-state index in [1.165, 1.54) is 25.3 Å². The van der Waals surface area contributed by atoms with Gasteiger partial charge in [-0.1, -0.05) is 11.3 Å². The van der Waals surface area contributed by atoms with Crippen LogP contribution >= 0.6 is 11.3 Å². The molecule has 0 spiro atoms. The first-order valence-electron chi connectivity index (χ1n) is 12.9. The maximum absolute atomic E-state index is 15.6. The van der Waals surface area contributed by atoms with Gasteiger partial charge in [0.05, 0.1) is 37.2 Å². The van der Waals surface area contributed by atoms with Gasteiger partial charge >= 0.3 is 5.97 Å². The van der Waals surface area contributed by atoms with Crippen molar-refractivity contribution in [1.82, 2.24) is 14.7 Å². The molecule has 0 saturated carbocycles. The van der Waals surface area contributed by atoms with Gasteiger partial charge in [0, 0.05) is 36.3 Å². The van der Waals surface area contributed by atoms with Gasteiger partial charge in [0.25, 0.3) is 0 Å². The Labute approximate surface area is 245 Å². The number of ether oxygens (including phenoxy) is 1. The number of benzene rings is 2. The fourth-order valence-electron chi connectivity index (χ4n) is 4.80. The fraction of sp³-hybridized carbons (Fsp3) is 0.286. The van der Waals surface area contributed by atoms with Gasteiger partial charge in [0.2, 0.25) is 10.0 Å². The number of carbonyl (C=O) groups excluding carboxylic acids is 1. The molecule has 0 radical (unpaired) electrons. The molecule has 0 atom stereocenters. The van der Waals surface area contributed by atoms with Crippen molar-refractivity contribution < 1.29 is 26.7 Å². The van der Waals surface area contributed by atoms with E-state index in [1.807, 2.05) is 11.8 Å². The Kier molecular flexibility index (Phi) is 8.09. The minimum absolute atomic E-state index is 0.0377. The average molecular weight is 613 g/mol. The van der Waals surface area contributed by atoms with Crippen molar-refractivity contribution >= 4 is 54.7 Å². The molecule has 1 fully saturated rings. The predicted molar refractivity (Wildman–Crippen MR) is 156 cm³/mol. The van der Waals surface area contributed by atoms with Gasteiger partial charge in [-0.3, -0.25) is 4.79 Å². The molecule has 1 aliphatic heterocycles. The molecule has 0 unspecified atom stereocenters. The molecule has 1 N–H and O–H groups in total. The number of pyridine rings is 1. The van der Waals surface area contributed by atoms with Crippen LogP contribution in [-0.2, 0) is 26.0 Å². The summed E-state index contributed by atoms with van der Waals surface area (Å²) in [6, 6.07) is 12.3. The second kappa shape index (κ2) is 11.6. The van der Waals surface area contributed by atoms with Gasteiger partial charge in [-0.05, 0) is 49.4 Å². The molecular weight excluding hydrogens is 586 g/mol. The van der Waals surface area contributed by atoms with Gasteiger partial charge in [-0.15, -0.1) is 0 Å². The van der Waals surface area contributed by atoms with Crippen LogP contribution in [0.15, 0.2) is 42.5 Å². The quantitative estimate of drug-likeness (QED) is 0.278. The van der Waals surface area contributed by atoms with Gasteiger partial charge in [0.15, 0.2) is 10.9 Å². The summed E-state index contributed by atoms with van der Waals surface area (Å²) in [6.07, 6.45) is 0.900. The molecule has 4 aromatic rings. The molecule has 2 aromatic heterocycles. The van der Waals surface area contributed by atoms with Gasteiger partial charge in [-0.25, -0.2) is 31.9 Å². The third-order valence-electron chi connectivity index (χ3n) is 6.74. The van der Waals surface area contributed by atoms with Crippen LogP contribution in [0.25, 0.3) is 22.2 Å². The number of anilines is 3. The first-order chi connectivity index (χ1) is 20.0. The molecule has 218 valence electrons. The first kappa shape index (κ1) is 29.3. The number of rotatable bonds is 9. The molecule has 0 amide bonds. The number of carbonyl (C=O) groups is 1. The minimum Gasteiger partial charge on any atom is -0.469 e. The van der Waals surface area contributed by atoms with Crippen LogP contribution < -0.4 is 14.5 Å². The standard InChI is InChI=1S/C28H26F2N6O4S2/c1-4-36(28-33-26(24(13-31)41-28)16-5-7-17(29)8-6-16)23-9-18(10-25(37)40-2)32-27-21(23)11-20(12-22(27)30)35-14-19(15-35)34-42(3,38)39/h5-9,11-12,19,34H,4,10,14-15H2,1-3H3. The van der Waals surface area contributed by atoms with Crippen molar-refractivity contribution in [2.75, 3.05) is 42.8 Å². The summed E-state index contributed by atoms with van der Waals surface area (Å²) in [5, 5.41) is 10.7. The summed E-state index contributed by atoms with van der Waals surface area (Å²) in [6.45, 7) is 2.96. The van der Waals surface area contributed by atoms with Gasteiger partial charge < -0.3 is 14.5 Å². The fourth-order valence-corrected chi connectivity index (χ4v) is 6.52. The molecule has 10 nitrogen and oxygen atoms in total. The molecule has 5 rings (SSSR count). The second-order valence-electron chi connectivity index (χ2n) is 9.74. The number of thiazole rings is 1. The summed E-state index contributed by atoms with van der Waals surface area (Å²) in [4.78, 5) is 25.2. The average Bonchev–Trinajstić information content (AvgIpc) is 3.35. The zero-order chi connectivity index (χ0) is 30.2. The number of nitrogens with one attached hydrogen (secondary N) is 1. The molecule has 0 bridgehead atoms. The molecular formula is C28H26F2N6O4S2. The van der Waals surface area contributed by atoms with Crippen LogP contribution in [0.3, 0.4) is 0 Å². The van der Waals surface area contributed by atoms with Crippen molar-refractivity contribution in [3.05, 3.63) is 64.7 Å². The topological polar surface area (TPSA) is 129 Å². The number of fused-ring (bicyclic) bond motifs is 1. The molecule has 1 saturated heterocycles. The summed E-state index contributed by atoms with van der Waals surface area (Å²) in [7, 11) is -2.13. The van der Waals surface area contributed by atoms with Crippen molar-refractivity contribution in [2.24, 2.45) is 0 Å². The van der Waals surface area contributed by atoms with E-state index in [-0.39, 0.29) is 23.7 Å². The highest BCUT2D eigenvalue weighted by molar-refractivity contribution is 7.88. The second-order valence-corrected chi connectivity index (χ2v) is 12.5. The van der Waals surface area contributed by atoms with E-state index in [0.29, 0.717) is 57.7 Å². The SMILES string of the molecule is CCN(c1nc(-c2ccc(F)cc2)c(C#N)s1)c1cc(CC(=O)OC)nc2c(F)cc(N3CC(NS(C)(=O)=O)C3)cc12. The summed E-state index contributed by atoms with van der Waals surface area (Å²) in [5.41, 5.74) is 2.33. The number of halogens is 2. The highest BCUT2D eigenvalue weighted by atomic mass is 32.2. The smallest absolute Gasteiger partial charge is 0.311 e. The number of nitrogens with zero attached hydrogens (tertiary/aromatic N) is 5. The van der Waals surface area contributed by atoms with Gasteiger partial charge in [-0.2, -0.15) is 5.26 Å². The lowest BCUT2D eigenvalue weighted by molar-refractivity contribution is -0.139. The van der Waals surface area contributed by atoms with Crippen LogP contribution in [-0.4, -0.2) is 63.4 Å². The number of aromatic nitrogens is 2. The zero-order valence-corrected chi connectivity index (χ0v) is 24.5. The summed E-state index contributed by atoms with van der Waals surface area (Å²) in [5.74, 6) is -1.57. The molecule has 2 aromatic carbocycles. The Hall–Kier alpha value is -4.19. The first-order valence-corrected chi connectivity index (χ1v) is 15.6. The van der Waals surface area contributed by atoms with Gasteiger partial charge in [0.1, 0.15) is 28.0 Å². The van der Waals surface area contributed by atoms with E-state index in [2.05, 4.69) is 15.8 Å². The van der Waals surface area contributed by atoms with Crippen molar-refractivity contribution in [2.45, 2.75) is 19.4 Å². The number of methoxy groups -OCH3 is 1. The maximum Gasteiger partial charge on any atom is 0.311 e. The van der Waals surface area contributed by atoms with Crippen molar-refractivity contribution in [3.8, 4) is 17.3 Å². The molecule has 14 heteroatoms. The highest BCUT2D eigenvalue weighted by Crippen LogP contribution is 2.40. The largest absolute Gasteiger partial charge is 0.469 e. The summed E-state index contributed by atoms with van der Waals surface area (Å²) < 4.78 is 59.7. The number of hydrogen-bond acceptors (Lipinski definition) is 10. The van der Waals surface area contributed by atoms with Crippen LogP contribution in [0.4, 0.5) is 25.3 Å². The molecule has 0 aliphatic carbocycles. The number of nitriles is 1. The Morgan fingerprint density at radius 3 is 2.55 bits per heavy atom. The van der Waals surface area contributed by atoms with Crippen molar-refractivity contribution in [1.29, 1.82) is 5.26 Å². The Bertz CT molecular complexity index is 1820. The third-order valence-corrected chi connectivity index (χ3v) is 8.48. The molecule has 3 heterocycles. The monoisotopic (exact) mass is 612 g/mol. The van der Waals surface area contributed by atoms with E-state index < -0.39 is 27.6 Å². The minimum atomic E-state index is -3.38. The van der Waals surface area contributed by atoms with Crippen molar-refractivity contribution in [3.63, 3.8) is 0 Å². The lowest BCUT2D eigenvalue weighted by atomic mass is 10.0. The van der Waals surface area contributed by atoms with Crippen LogP contribution in [0, 0.1) is 23.0 Å². The third kappa shape index (κ3) is 6.03. The Morgan fingerprint density at radius 1 is 1.21 bits per heavy atom. The maximum atomic E-state index is 15.6. The van der Waals surface area contributed by atoms with E-state index in [4.69, 9.17) is 9.72 Å². The van der Waals surface area contributed by atoms with Crippen LogP contribution in [0.5, 0.6) is 0 Å². The van der Waals surface area contributed by atoms with E-state index in [1.54, 1.807) is 29.2 Å². The lowest BCUT2D eigenvalue weighted by Gasteiger charge is -2.41. The molecule has 1 aliphatic rings. The summed E-state index contributed by atoms with van der Waals surface area (Å²) >= 11 is 1.13. The number of hydrogen-bond donors (Lipinski definition) is 1. The molecule has 42 heavy (non-hydrogen) atoms. The highest BCUT2D eigenvalue weighted by Gasteiger charge is 2.30. The van der Waals surface area contributed by atoms with E-state index in [0.717, 1.165) is 17.6 Å². The van der Waals surface area contributed by atoms with E-state index >= 15 is 4.39 Å². The Morgan fingerprint density at radius 2 is 1.93 bits per heavy atom. The van der Waals surface area contributed by atoms with E-state index in [9.17, 15) is 22.9 Å². The zero-order valence-electron chi connectivity index (χ0n) is 22.9. The van der Waals surface area contributed by atoms with Crippen LogP contribution in [0.1, 0.15) is 17.5 Å².